The molecule has 2 heteroatoms. The molecule has 2 saturated carbocycles. The highest BCUT2D eigenvalue weighted by atomic mass is 16.3. The average Bonchev–Trinajstić information content (AvgIpc) is 2.76. The zero-order valence-corrected chi connectivity index (χ0v) is 7.21. The van der Waals surface area contributed by atoms with Crippen LogP contribution in [-0.4, -0.2) is 35.2 Å². The summed E-state index contributed by atoms with van der Waals surface area (Å²) in [5.74, 6) is 0. The Morgan fingerprint density at radius 2 is 2.09 bits per heavy atom. The minimum absolute atomic E-state index is 0.247. The van der Waals surface area contributed by atoms with E-state index in [2.05, 4.69) is 11.9 Å². The number of hydrogen-bond donors (Lipinski definition) is 1. The molecule has 2 fully saturated rings. The van der Waals surface area contributed by atoms with Crippen molar-refractivity contribution in [3.05, 3.63) is 0 Å². The Hall–Kier alpha value is -0.0800. The Kier molecular flexibility index (Phi) is 1.69. The monoisotopic (exact) mass is 155 g/mol. The van der Waals surface area contributed by atoms with Crippen LogP contribution < -0.4 is 0 Å². The van der Waals surface area contributed by atoms with E-state index in [0.717, 1.165) is 31.8 Å². The van der Waals surface area contributed by atoms with Crippen molar-refractivity contribution in [1.29, 1.82) is 0 Å². The molecule has 0 amide bonds. The summed E-state index contributed by atoms with van der Waals surface area (Å²) in [5, 5.41) is 9.55. The SMILES string of the molecule is CN(CCC1(O)CC1)C1CC1. The number of aliphatic hydroxyl groups is 1. The molecule has 0 heterocycles. The first-order chi connectivity index (χ1) is 5.20. The summed E-state index contributed by atoms with van der Waals surface area (Å²) in [4.78, 5) is 2.39. The van der Waals surface area contributed by atoms with Crippen LogP contribution >= 0.6 is 0 Å². The predicted octanol–water partition coefficient (Wildman–Crippen LogP) is 0.996. The van der Waals surface area contributed by atoms with Crippen molar-refractivity contribution in [1.82, 2.24) is 4.90 Å². The number of nitrogens with zero attached hydrogens (tertiary/aromatic N) is 1. The van der Waals surface area contributed by atoms with Crippen LogP contribution in [0.3, 0.4) is 0 Å². The van der Waals surface area contributed by atoms with E-state index in [1.165, 1.54) is 12.8 Å². The Labute approximate surface area is 68.2 Å². The van der Waals surface area contributed by atoms with Gasteiger partial charge in [0, 0.05) is 12.6 Å². The first-order valence-corrected chi connectivity index (χ1v) is 4.62. The minimum atomic E-state index is -0.247. The molecule has 0 aliphatic heterocycles. The Balaban J connectivity index is 1.65. The molecule has 0 bridgehead atoms. The van der Waals surface area contributed by atoms with Gasteiger partial charge in [-0.05, 0) is 39.2 Å². The highest BCUT2D eigenvalue weighted by Gasteiger charge is 2.40. The van der Waals surface area contributed by atoms with Crippen LogP contribution in [0.2, 0.25) is 0 Å². The lowest BCUT2D eigenvalue weighted by Crippen LogP contribution is -2.25. The van der Waals surface area contributed by atoms with Crippen LogP contribution in [-0.2, 0) is 0 Å². The molecule has 0 unspecified atom stereocenters. The summed E-state index contributed by atoms with van der Waals surface area (Å²) < 4.78 is 0. The molecule has 0 radical (unpaired) electrons. The van der Waals surface area contributed by atoms with Crippen molar-refractivity contribution in [3.8, 4) is 0 Å². The van der Waals surface area contributed by atoms with Crippen LogP contribution in [0.5, 0.6) is 0 Å². The maximum Gasteiger partial charge on any atom is 0.0662 e. The highest BCUT2D eigenvalue weighted by Crippen LogP contribution is 2.39. The van der Waals surface area contributed by atoms with Gasteiger partial charge < -0.3 is 10.0 Å². The number of rotatable bonds is 4. The molecule has 2 aliphatic rings. The van der Waals surface area contributed by atoms with Gasteiger partial charge in [-0.15, -0.1) is 0 Å². The van der Waals surface area contributed by atoms with Gasteiger partial charge in [0.05, 0.1) is 5.60 Å². The van der Waals surface area contributed by atoms with Crippen LogP contribution in [0.4, 0.5) is 0 Å². The van der Waals surface area contributed by atoms with Crippen molar-refractivity contribution < 1.29 is 5.11 Å². The molecule has 64 valence electrons. The van der Waals surface area contributed by atoms with Gasteiger partial charge in [-0.2, -0.15) is 0 Å². The number of hydrogen-bond acceptors (Lipinski definition) is 2. The van der Waals surface area contributed by atoms with E-state index in [1.807, 2.05) is 0 Å². The molecule has 2 nitrogen and oxygen atoms in total. The molecule has 11 heavy (non-hydrogen) atoms. The van der Waals surface area contributed by atoms with Crippen LogP contribution in [0.1, 0.15) is 32.1 Å². The Bertz CT molecular complexity index is 150. The topological polar surface area (TPSA) is 23.5 Å². The molecular formula is C9H17NO. The van der Waals surface area contributed by atoms with Crippen molar-refractivity contribution >= 4 is 0 Å². The normalized spacial score (nSPS) is 27.5. The molecule has 2 aliphatic carbocycles. The quantitative estimate of drug-likeness (QED) is 0.654. The summed E-state index contributed by atoms with van der Waals surface area (Å²) >= 11 is 0. The smallest absolute Gasteiger partial charge is 0.0662 e. The Morgan fingerprint density at radius 1 is 1.45 bits per heavy atom. The van der Waals surface area contributed by atoms with Crippen LogP contribution in [0, 0.1) is 0 Å². The van der Waals surface area contributed by atoms with E-state index >= 15 is 0 Å². The van der Waals surface area contributed by atoms with Crippen molar-refractivity contribution in [3.63, 3.8) is 0 Å². The first kappa shape index (κ1) is 7.56. The average molecular weight is 155 g/mol. The van der Waals surface area contributed by atoms with Crippen LogP contribution in [0.15, 0.2) is 0 Å². The second-order valence-electron chi connectivity index (χ2n) is 4.19. The largest absolute Gasteiger partial charge is 0.390 e. The van der Waals surface area contributed by atoms with Gasteiger partial charge in [0.2, 0.25) is 0 Å². The molecule has 0 aromatic rings. The maximum absolute atomic E-state index is 9.55. The molecule has 0 aromatic carbocycles. The first-order valence-electron chi connectivity index (χ1n) is 4.62. The summed E-state index contributed by atoms with van der Waals surface area (Å²) in [6.45, 7) is 1.08. The summed E-state index contributed by atoms with van der Waals surface area (Å²) in [5.41, 5.74) is -0.247. The maximum atomic E-state index is 9.55. The standard InChI is InChI=1S/C9H17NO/c1-10(8-2-3-8)7-6-9(11)4-5-9/h8,11H,2-7H2,1H3. The second kappa shape index (κ2) is 2.46. The Morgan fingerprint density at radius 3 is 2.55 bits per heavy atom. The molecule has 0 saturated heterocycles. The van der Waals surface area contributed by atoms with E-state index in [-0.39, 0.29) is 5.60 Å². The summed E-state index contributed by atoms with van der Waals surface area (Å²) in [6.07, 6.45) is 5.79. The van der Waals surface area contributed by atoms with Gasteiger partial charge in [0.1, 0.15) is 0 Å². The van der Waals surface area contributed by atoms with E-state index in [9.17, 15) is 5.11 Å². The lowest BCUT2D eigenvalue weighted by molar-refractivity contribution is 0.123. The lowest BCUT2D eigenvalue weighted by Gasteiger charge is -2.17. The zero-order chi connectivity index (χ0) is 7.90. The van der Waals surface area contributed by atoms with E-state index in [4.69, 9.17) is 0 Å². The third kappa shape index (κ3) is 1.94. The third-order valence-electron chi connectivity index (χ3n) is 2.93. The van der Waals surface area contributed by atoms with Gasteiger partial charge in [-0.3, -0.25) is 0 Å². The van der Waals surface area contributed by atoms with E-state index < -0.39 is 0 Å². The van der Waals surface area contributed by atoms with Gasteiger partial charge in [0.25, 0.3) is 0 Å². The van der Waals surface area contributed by atoms with Gasteiger partial charge >= 0.3 is 0 Å². The van der Waals surface area contributed by atoms with Crippen LogP contribution in [0.25, 0.3) is 0 Å². The highest BCUT2D eigenvalue weighted by molar-refractivity contribution is 4.94. The van der Waals surface area contributed by atoms with Gasteiger partial charge in [-0.25, -0.2) is 0 Å². The molecule has 0 atom stereocenters. The summed E-state index contributed by atoms with van der Waals surface area (Å²) in [6, 6.07) is 0.845. The fourth-order valence-electron chi connectivity index (χ4n) is 1.48. The summed E-state index contributed by atoms with van der Waals surface area (Å²) in [7, 11) is 2.17. The third-order valence-corrected chi connectivity index (χ3v) is 2.93. The van der Waals surface area contributed by atoms with Gasteiger partial charge in [-0.1, -0.05) is 0 Å². The fourth-order valence-corrected chi connectivity index (χ4v) is 1.48. The van der Waals surface area contributed by atoms with Crippen molar-refractivity contribution in [2.45, 2.75) is 43.7 Å². The van der Waals surface area contributed by atoms with Crippen molar-refractivity contribution in [2.75, 3.05) is 13.6 Å². The minimum Gasteiger partial charge on any atom is -0.390 e. The van der Waals surface area contributed by atoms with E-state index in [1.54, 1.807) is 0 Å². The van der Waals surface area contributed by atoms with Gasteiger partial charge in [0.15, 0.2) is 0 Å². The fraction of sp³-hybridized carbons (Fsp3) is 1.00. The van der Waals surface area contributed by atoms with Crippen molar-refractivity contribution in [2.24, 2.45) is 0 Å². The molecule has 1 N–H and O–H groups in total. The van der Waals surface area contributed by atoms with E-state index in [0.29, 0.717) is 0 Å². The molecule has 2 rings (SSSR count). The lowest BCUT2D eigenvalue weighted by atomic mass is 10.2. The predicted molar refractivity (Wildman–Crippen MR) is 44.5 cm³/mol. The molecular weight excluding hydrogens is 138 g/mol. The molecule has 0 aromatic heterocycles. The zero-order valence-electron chi connectivity index (χ0n) is 7.21. The molecule has 0 spiro atoms. The second-order valence-corrected chi connectivity index (χ2v) is 4.19.